The zero-order valence-electron chi connectivity index (χ0n) is 39.3. The van der Waals surface area contributed by atoms with E-state index in [-0.39, 0.29) is 76.3 Å². The fourth-order valence-corrected chi connectivity index (χ4v) is 10.2. The van der Waals surface area contributed by atoms with Crippen molar-refractivity contribution < 1.29 is 48.6 Å². The number of rotatable bonds is 21. The first-order valence-electron chi connectivity index (χ1n) is 23.2. The van der Waals surface area contributed by atoms with Crippen molar-refractivity contribution in [1.82, 2.24) is 52.1 Å². The lowest BCUT2D eigenvalue weighted by Crippen LogP contribution is -2.60. The van der Waals surface area contributed by atoms with E-state index < -0.39 is 89.6 Å². The number of nitrogens with two attached hydrogens (primary N) is 2. The van der Waals surface area contributed by atoms with Crippen molar-refractivity contribution in [3.63, 3.8) is 0 Å². The maximum atomic E-state index is 14.5. The first-order valence-corrected chi connectivity index (χ1v) is 25.7. The molecule has 2 saturated heterocycles. The molecule has 0 aliphatic carbocycles. The second-order valence-corrected chi connectivity index (χ2v) is 19.7. The van der Waals surface area contributed by atoms with Crippen LogP contribution in [0.3, 0.4) is 0 Å². The number of nitrogens with one attached hydrogen (secondary N) is 8. The minimum absolute atomic E-state index is 0.0179. The minimum Gasteiger partial charge on any atom is -0.508 e. The molecule has 7 atom stereocenters. The van der Waals surface area contributed by atoms with Crippen LogP contribution < -0.4 is 48.7 Å². The molecular formula is C46H63N13O10S2. The first-order chi connectivity index (χ1) is 34.1. The van der Waals surface area contributed by atoms with Crippen LogP contribution in [0, 0.1) is 0 Å². The Balaban J connectivity index is 1.35. The normalized spacial score (nSPS) is 19.9. The van der Waals surface area contributed by atoms with E-state index in [0.717, 1.165) is 0 Å². The Morgan fingerprint density at radius 2 is 1.58 bits per heavy atom. The van der Waals surface area contributed by atoms with Gasteiger partial charge in [-0.25, -0.2) is 9.78 Å². The molecule has 0 radical (unpaired) electrons. The molecule has 2 aliphatic heterocycles. The molecule has 71 heavy (non-hydrogen) atoms. The van der Waals surface area contributed by atoms with Crippen LogP contribution in [-0.2, 0) is 57.6 Å². The third-order valence-corrected chi connectivity index (χ3v) is 14.1. The number of amides is 7. The quantitative estimate of drug-likeness (QED) is 0.0252. The number of hydrogen-bond acceptors (Lipinski definition) is 14. The van der Waals surface area contributed by atoms with Crippen molar-refractivity contribution in [2.45, 2.75) is 100 Å². The van der Waals surface area contributed by atoms with Crippen molar-refractivity contribution in [3.8, 4) is 5.75 Å². The molecular weight excluding hydrogens is 959 g/mol. The summed E-state index contributed by atoms with van der Waals surface area (Å²) in [6, 6.07) is 6.41. The van der Waals surface area contributed by atoms with Gasteiger partial charge in [-0.1, -0.05) is 64.1 Å². The number of carbonyl (C=O) groups excluding carboxylic acids is 7. The number of aromatic amines is 1. The van der Waals surface area contributed by atoms with Crippen LogP contribution in [0.5, 0.6) is 5.75 Å². The molecule has 5 rings (SSSR count). The van der Waals surface area contributed by atoms with Gasteiger partial charge in [0.1, 0.15) is 48.0 Å². The number of phenolic OH excluding ortho intramolecular Hbond substituents is 1. The molecule has 3 aromatic rings. The molecule has 2 fully saturated rings. The number of aromatic nitrogens is 2. The molecule has 0 bridgehead atoms. The van der Waals surface area contributed by atoms with Crippen LogP contribution in [-0.4, -0.2) is 159 Å². The highest BCUT2D eigenvalue weighted by Gasteiger charge is 2.40. The van der Waals surface area contributed by atoms with E-state index in [4.69, 9.17) is 11.5 Å². The number of aliphatic carboxylic acids is 1. The van der Waals surface area contributed by atoms with Gasteiger partial charge in [0.05, 0.1) is 12.9 Å². The minimum atomic E-state index is -1.32. The number of carboxylic acid groups (broad SMARTS) is 1. The van der Waals surface area contributed by atoms with E-state index in [2.05, 4.69) is 52.2 Å². The van der Waals surface area contributed by atoms with Gasteiger partial charge in [0, 0.05) is 55.7 Å². The Hall–Kier alpha value is -6.86. The SMILES string of the molecule is CNCC(=O)N[C@@H](CCCN=C(N)N)C(=O)N[C@@H]1CCSSCC[C@H](C(=O)N[C@@H](Cc2cnc[nH]2)C(=O)N2CCC[C@@H]2C(=O)N[C@@H](Cc2ccccc2)C(=O)O)NC(=O)[C@@H](Cc2ccc(O)cc2)NC1=O. The largest absolute Gasteiger partial charge is 0.508 e. The van der Waals surface area contributed by atoms with Crippen molar-refractivity contribution in [2.75, 3.05) is 38.2 Å². The number of likely N-dealkylation sites (tertiary alicyclic amines) is 1. The lowest BCUT2D eigenvalue weighted by Gasteiger charge is -2.30. The van der Waals surface area contributed by atoms with Gasteiger partial charge in [0.25, 0.3) is 0 Å². The van der Waals surface area contributed by atoms with Gasteiger partial charge < -0.3 is 68.8 Å². The fourth-order valence-electron chi connectivity index (χ4n) is 7.97. The summed E-state index contributed by atoms with van der Waals surface area (Å²) in [7, 11) is 4.31. The van der Waals surface area contributed by atoms with Gasteiger partial charge in [-0.05, 0) is 68.8 Å². The van der Waals surface area contributed by atoms with E-state index in [9.17, 15) is 48.6 Å². The van der Waals surface area contributed by atoms with Crippen molar-refractivity contribution >= 4 is 74.9 Å². The van der Waals surface area contributed by atoms with Crippen LogP contribution >= 0.6 is 21.6 Å². The highest BCUT2D eigenvalue weighted by atomic mass is 33.1. The molecule has 0 spiro atoms. The molecule has 23 nitrogen and oxygen atoms in total. The lowest BCUT2D eigenvalue weighted by molar-refractivity contribution is -0.145. The number of carbonyl (C=O) groups is 8. The number of hydrogen-bond donors (Lipinski definition) is 12. The topological polar surface area (TPSA) is 358 Å². The Labute approximate surface area is 418 Å². The summed E-state index contributed by atoms with van der Waals surface area (Å²) in [5.41, 5.74) is 12.6. The van der Waals surface area contributed by atoms with Gasteiger partial charge in [-0.15, -0.1) is 0 Å². The average Bonchev–Trinajstić information content (AvgIpc) is 4.06. The second kappa shape index (κ2) is 28.1. The predicted octanol–water partition coefficient (Wildman–Crippen LogP) is -1.42. The van der Waals surface area contributed by atoms with E-state index in [1.807, 2.05) is 0 Å². The molecule has 1 aromatic heterocycles. The summed E-state index contributed by atoms with van der Waals surface area (Å²) in [5.74, 6) is -5.31. The van der Waals surface area contributed by atoms with Gasteiger partial charge in [0.2, 0.25) is 41.4 Å². The number of aliphatic imine (C=N–C) groups is 1. The fraction of sp³-hybridized carbons (Fsp3) is 0.478. The second-order valence-electron chi connectivity index (χ2n) is 17.0. The third kappa shape index (κ3) is 17.8. The number of phenols is 1. The maximum Gasteiger partial charge on any atom is 0.326 e. The van der Waals surface area contributed by atoms with Gasteiger partial charge >= 0.3 is 5.97 Å². The highest BCUT2D eigenvalue weighted by molar-refractivity contribution is 8.76. The Morgan fingerprint density at radius 1 is 0.859 bits per heavy atom. The zero-order valence-corrected chi connectivity index (χ0v) is 40.9. The number of carboxylic acids is 1. The third-order valence-electron chi connectivity index (χ3n) is 11.6. The van der Waals surface area contributed by atoms with Crippen LogP contribution in [0.25, 0.3) is 0 Å². The van der Waals surface area contributed by atoms with Crippen molar-refractivity contribution in [2.24, 2.45) is 16.5 Å². The average molecular weight is 1020 g/mol. The van der Waals surface area contributed by atoms with Crippen LogP contribution in [0.2, 0.25) is 0 Å². The Bertz CT molecular complexity index is 2310. The molecule has 384 valence electrons. The molecule has 2 aromatic carbocycles. The predicted molar refractivity (Wildman–Crippen MR) is 266 cm³/mol. The number of guanidine groups is 1. The number of imidazole rings is 1. The van der Waals surface area contributed by atoms with Crippen LogP contribution in [0.1, 0.15) is 55.3 Å². The highest BCUT2D eigenvalue weighted by Crippen LogP contribution is 2.25. The summed E-state index contributed by atoms with van der Waals surface area (Å²) >= 11 is 0. The Kier molecular flexibility index (Phi) is 21.8. The lowest BCUT2D eigenvalue weighted by atomic mass is 10.0. The van der Waals surface area contributed by atoms with Crippen LogP contribution in [0.15, 0.2) is 72.1 Å². The number of nitrogens with zero attached hydrogens (tertiary/aromatic N) is 3. The van der Waals surface area contributed by atoms with E-state index in [1.54, 1.807) is 49.5 Å². The van der Waals surface area contributed by atoms with Gasteiger partial charge in [-0.2, -0.15) is 0 Å². The standard InChI is InChI=1S/C46H63N13O10S2/c1-49-25-38(61)53-31(9-5-17-51-46(47)48)39(62)54-32-15-19-70-71-20-16-33(55-42(65)34(56-40(32)63)21-28-11-13-30(60)14-12-28)41(64)57-35(23-29-24-50-26-52-29)44(67)59-18-6-10-37(59)43(66)58-36(45(68)69)22-27-7-3-2-4-8-27/h2-4,7-8,11-14,24,26,31-37,49,60H,5-6,9-10,15-23,25H2,1H3,(H,50,52)(H,53,61)(H,54,62)(H,55,65)(H,56,63)(H,57,64)(H,58,66)(H,68,69)(H4,47,48,51)/t31-,32+,33+,34+,35-,36-,37+/m0/s1. The summed E-state index contributed by atoms with van der Waals surface area (Å²) in [4.78, 5) is 122. The van der Waals surface area contributed by atoms with Gasteiger partial charge in [0.15, 0.2) is 5.96 Å². The number of H-pyrrole nitrogens is 1. The number of aromatic hydroxyl groups is 1. The van der Waals surface area contributed by atoms with E-state index in [1.165, 1.54) is 51.1 Å². The zero-order chi connectivity index (χ0) is 51.3. The van der Waals surface area contributed by atoms with E-state index >= 15 is 0 Å². The molecule has 2 aliphatic rings. The molecule has 0 saturated carbocycles. The van der Waals surface area contributed by atoms with Crippen molar-refractivity contribution in [1.29, 1.82) is 0 Å². The Morgan fingerprint density at radius 3 is 2.25 bits per heavy atom. The number of likely N-dealkylation sites (N-methyl/N-ethyl adjacent to an activating group) is 1. The van der Waals surface area contributed by atoms with Crippen molar-refractivity contribution in [3.05, 3.63) is 83.9 Å². The molecule has 25 heteroatoms. The van der Waals surface area contributed by atoms with E-state index in [0.29, 0.717) is 41.2 Å². The molecule has 3 heterocycles. The summed E-state index contributed by atoms with van der Waals surface area (Å²) in [6.45, 7) is 0.264. The van der Waals surface area contributed by atoms with Crippen LogP contribution in [0.4, 0.5) is 0 Å². The summed E-state index contributed by atoms with van der Waals surface area (Å²) < 4.78 is 0. The summed E-state index contributed by atoms with van der Waals surface area (Å²) in [5, 5.41) is 39.1. The molecule has 7 amide bonds. The molecule has 0 unspecified atom stereocenters. The smallest absolute Gasteiger partial charge is 0.326 e. The summed E-state index contributed by atoms with van der Waals surface area (Å²) in [6.07, 6.45) is 4.08. The number of benzene rings is 2. The monoisotopic (exact) mass is 1020 g/mol. The maximum absolute atomic E-state index is 14.5. The molecule has 14 N–H and O–H groups in total. The van der Waals surface area contributed by atoms with Gasteiger partial charge in [-0.3, -0.25) is 38.6 Å². The first kappa shape index (κ1) is 55.1.